The van der Waals surface area contributed by atoms with Crippen LogP contribution in [0.3, 0.4) is 0 Å². The Morgan fingerprint density at radius 1 is 1.19 bits per heavy atom. The predicted octanol–water partition coefficient (Wildman–Crippen LogP) is 2.59. The maximum atomic E-state index is 12.4. The fourth-order valence-corrected chi connectivity index (χ4v) is 3.17. The highest BCUT2D eigenvalue weighted by Crippen LogP contribution is 2.30. The number of rotatable bonds is 3. The molecule has 0 bridgehead atoms. The molecule has 0 spiro atoms. The summed E-state index contributed by atoms with van der Waals surface area (Å²) in [6, 6.07) is 7.51. The Labute approximate surface area is 160 Å². The van der Waals surface area contributed by atoms with Crippen molar-refractivity contribution in [2.45, 2.75) is 45.3 Å². The van der Waals surface area contributed by atoms with Gasteiger partial charge < -0.3 is 24.4 Å². The number of piperidine rings is 1. The van der Waals surface area contributed by atoms with Crippen LogP contribution in [0.1, 0.15) is 33.6 Å². The minimum absolute atomic E-state index is 0.00120. The molecule has 1 atom stereocenters. The largest absolute Gasteiger partial charge is 0.486 e. The molecule has 0 aliphatic carbocycles. The van der Waals surface area contributed by atoms with Gasteiger partial charge in [-0.15, -0.1) is 0 Å². The van der Waals surface area contributed by atoms with Crippen LogP contribution in [0.5, 0.6) is 11.5 Å². The lowest BCUT2D eigenvalue weighted by molar-refractivity contribution is -0.127. The number of hydrogen-bond acceptors (Lipinski definition) is 5. The number of hydrogen-bond donors (Lipinski definition) is 1. The van der Waals surface area contributed by atoms with Gasteiger partial charge in [-0.05, 0) is 45.7 Å². The molecule has 1 aromatic rings. The second kappa shape index (κ2) is 8.06. The smallest absolute Gasteiger partial charge is 0.410 e. The Morgan fingerprint density at radius 3 is 2.52 bits per heavy atom. The number of para-hydroxylation sites is 2. The fourth-order valence-electron chi connectivity index (χ4n) is 3.17. The molecule has 1 N–H and O–H groups in total. The molecule has 7 nitrogen and oxygen atoms in total. The van der Waals surface area contributed by atoms with E-state index in [1.807, 2.05) is 45.0 Å². The van der Waals surface area contributed by atoms with Crippen molar-refractivity contribution in [2.75, 3.05) is 26.2 Å². The van der Waals surface area contributed by atoms with Gasteiger partial charge in [0.2, 0.25) is 5.91 Å². The minimum atomic E-state index is -0.508. The molecule has 3 rings (SSSR count). The van der Waals surface area contributed by atoms with Gasteiger partial charge in [-0.3, -0.25) is 4.79 Å². The maximum absolute atomic E-state index is 12.4. The third-order valence-electron chi connectivity index (χ3n) is 4.59. The van der Waals surface area contributed by atoms with E-state index in [0.717, 1.165) is 5.75 Å². The van der Waals surface area contributed by atoms with Crippen molar-refractivity contribution in [3.05, 3.63) is 24.3 Å². The summed E-state index contributed by atoms with van der Waals surface area (Å²) in [6.07, 6.45) is 0.754. The van der Waals surface area contributed by atoms with Crippen molar-refractivity contribution in [2.24, 2.45) is 5.92 Å². The molecule has 27 heavy (non-hydrogen) atoms. The molecule has 0 saturated carbocycles. The van der Waals surface area contributed by atoms with Crippen molar-refractivity contribution in [3.8, 4) is 11.5 Å². The first-order valence-corrected chi connectivity index (χ1v) is 9.46. The van der Waals surface area contributed by atoms with E-state index in [9.17, 15) is 9.59 Å². The highest BCUT2D eigenvalue weighted by atomic mass is 16.6. The van der Waals surface area contributed by atoms with Gasteiger partial charge in [0.1, 0.15) is 18.3 Å². The third kappa shape index (κ3) is 5.28. The van der Waals surface area contributed by atoms with E-state index >= 15 is 0 Å². The average molecular weight is 376 g/mol. The normalized spacial score (nSPS) is 20.1. The summed E-state index contributed by atoms with van der Waals surface area (Å²) in [5.74, 6) is 1.34. The number of amides is 2. The highest BCUT2D eigenvalue weighted by Gasteiger charge is 2.30. The van der Waals surface area contributed by atoms with E-state index in [1.165, 1.54) is 0 Å². The summed E-state index contributed by atoms with van der Waals surface area (Å²) in [4.78, 5) is 26.2. The van der Waals surface area contributed by atoms with E-state index < -0.39 is 5.60 Å². The Morgan fingerprint density at radius 2 is 1.85 bits per heavy atom. The number of carbonyl (C=O) groups is 2. The van der Waals surface area contributed by atoms with Crippen LogP contribution in [0.15, 0.2) is 24.3 Å². The zero-order valence-electron chi connectivity index (χ0n) is 16.2. The topological polar surface area (TPSA) is 77.1 Å². The van der Waals surface area contributed by atoms with Gasteiger partial charge in [0.05, 0.1) is 6.54 Å². The second-order valence-electron chi connectivity index (χ2n) is 7.98. The van der Waals surface area contributed by atoms with Crippen molar-refractivity contribution in [1.29, 1.82) is 0 Å². The van der Waals surface area contributed by atoms with Crippen LogP contribution >= 0.6 is 0 Å². The summed E-state index contributed by atoms with van der Waals surface area (Å²) in [5, 5.41) is 2.96. The van der Waals surface area contributed by atoms with Gasteiger partial charge in [0, 0.05) is 19.0 Å². The molecule has 2 heterocycles. The van der Waals surface area contributed by atoms with Gasteiger partial charge in [-0.2, -0.15) is 0 Å². The van der Waals surface area contributed by atoms with Crippen molar-refractivity contribution >= 4 is 12.0 Å². The summed E-state index contributed by atoms with van der Waals surface area (Å²) < 4.78 is 16.9. The zero-order chi connectivity index (χ0) is 19.4. The molecule has 1 aromatic carbocycles. The van der Waals surface area contributed by atoms with E-state index in [1.54, 1.807) is 4.90 Å². The van der Waals surface area contributed by atoms with Crippen LogP contribution in [-0.4, -0.2) is 54.8 Å². The maximum Gasteiger partial charge on any atom is 0.410 e. The van der Waals surface area contributed by atoms with Gasteiger partial charge in [-0.25, -0.2) is 4.79 Å². The monoisotopic (exact) mass is 376 g/mol. The first-order chi connectivity index (χ1) is 12.8. The zero-order valence-corrected chi connectivity index (χ0v) is 16.2. The summed E-state index contributed by atoms with van der Waals surface area (Å²) in [5.41, 5.74) is -0.508. The van der Waals surface area contributed by atoms with Crippen LogP contribution < -0.4 is 14.8 Å². The lowest BCUT2D eigenvalue weighted by atomic mass is 9.96. The van der Waals surface area contributed by atoms with E-state index in [0.29, 0.717) is 44.8 Å². The molecule has 2 aliphatic rings. The highest BCUT2D eigenvalue weighted by molar-refractivity contribution is 5.79. The molecule has 0 aromatic heterocycles. The standard InChI is InChI=1S/C20H28N2O5/c1-20(2,3)27-19(24)22-10-8-14(9-11-22)18(23)21-12-15-13-25-16-6-4-5-7-17(16)26-15/h4-7,14-15H,8-13H2,1-3H3,(H,21,23)/t15-/m0/s1. The Kier molecular flexibility index (Phi) is 5.77. The number of likely N-dealkylation sites (tertiary alicyclic amines) is 1. The predicted molar refractivity (Wildman–Crippen MR) is 99.9 cm³/mol. The number of nitrogens with zero attached hydrogens (tertiary/aromatic N) is 1. The summed E-state index contributed by atoms with van der Waals surface area (Å²) in [6.45, 7) is 7.42. The average Bonchev–Trinajstić information content (AvgIpc) is 2.64. The van der Waals surface area contributed by atoms with E-state index in [4.69, 9.17) is 14.2 Å². The molecular formula is C20H28N2O5. The minimum Gasteiger partial charge on any atom is -0.486 e. The van der Waals surface area contributed by atoms with Gasteiger partial charge in [0.25, 0.3) is 0 Å². The Hall–Kier alpha value is -2.44. The molecule has 2 aliphatic heterocycles. The molecule has 1 saturated heterocycles. The van der Waals surface area contributed by atoms with Crippen LogP contribution in [0.2, 0.25) is 0 Å². The lowest BCUT2D eigenvalue weighted by Gasteiger charge is -2.33. The lowest BCUT2D eigenvalue weighted by Crippen LogP contribution is -2.47. The summed E-state index contributed by atoms with van der Waals surface area (Å²) in [7, 11) is 0. The Bertz CT molecular complexity index is 677. The van der Waals surface area contributed by atoms with E-state index in [-0.39, 0.29) is 24.0 Å². The first kappa shape index (κ1) is 19.3. The number of ether oxygens (including phenoxy) is 3. The SMILES string of the molecule is CC(C)(C)OC(=O)N1CCC(C(=O)NC[C@H]2COc3ccccc3O2)CC1. The van der Waals surface area contributed by atoms with Gasteiger partial charge in [-0.1, -0.05) is 12.1 Å². The molecule has 148 valence electrons. The van der Waals surface area contributed by atoms with Crippen molar-refractivity contribution < 1.29 is 23.8 Å². The first-order valence-electron chi connectivity index (χ1n) is 9.46. The molecule has 1 fully saturated rings. The van der Waals surface area contributed by atoms with Crippen LogP contribution in [0.4, 0.5) is 4.79 Å². The molecule has 0 radical (unpaired) electrons. The Balaban J connectivity index is 1.41. The van der Waals surface area contributed by atoms with Crippen molar-refractivity contribution in [1.82, 2.24) is 10.2 Å². The molecular weight excluding hydrogens is 348 g/mol. The molecule has 2 amide bonds. The van der Waals surface area contributed by atoms with Crippen LogP contribution in [0, 0.1) is 5.92 Å². The summed E-state index contributed by atoms with van der Waals surface area (Å²) >= 11 is 0. The number of carbonyl (C=O) groups excluding carboxylic acids is 2. The van der Waals surface area contributed by atoms with Gasteiger partial charge in [0.15, 0.2) is 11.5 Å². The second-order valence-corrected chi connectivity index (χ2v) is 7.98. The van der Waals surface area contributed by atoms with Crippen LogP contribution in [0.25, 0.3) is 0 Å². The number of fused-ring (bicyclic) bond motifs is 1. The van der Waals surface area contributed by atoms with Gasteiger partial charge >= 0.3 is 6.09 Å². The molecule has 0 unspecified atom stereocenters. The van der Waals surface area contributed by atoms with Crippen LogP contribution in [-0.2, 0) is 9.53 Å². The number of benzene rings is 1. The van der Waals surface area contributed by atoms with E-state index in [2.05, 4.69) is 5.32 Å². The molecule has 7 heteroatoms. The third-order valence-corrected chi connectivity index (χ3v) is 4.59. The fraction of sp³-hybridized carbons (Fsp3) is 0.600. The quantitative estimate of drug-likeness (QED) is 0.877. The number of nitrogens with one attached hydrogen (secondary N) is 1. The van der Waals surface area contributed by atoms with Crippen molar-refractivity contribution in [3.63, 3.8) is 0 Å².